The summed E-state index contributed by atoms with van der Waals surface area (Å²) in [5.41, 5.74) is 8.88. The molecule has 526 valence electrons. The molecule has 1 aliphatic carbocycles. The van der Waals surface area contributed by atoms with Gasteiger partial charge in [-0.3, -0.25) is 38.4 Å². The smallest absolute Gasteiger partial charge is 0.306 e. The van der Waals surface area contributed by atoms with E-state index in [4.69, 9.17) is 49.8 Å². The van der Waals surface area contributed by atoms with Gasteiger partial charge in [0.1, 0.15) is 76.7 Å². The summed E-state index contributed by atoms with van der Waals surface area (Å²) in [5.74, 6) is -6.60. The van der Waals surface area contributed by atoms with Crippen molar-refractivity contribution in [1.82, 2.24) is 61.1 Å². The van der Waals surface area contributed by atoms with Crippen molar-refractivity contribution in [2.45, 2.75) is 101 Å². The molecule has 1 saturated carbocycles. The Balaban J connectivity index is 0.898. The second-order valence-electron chi connectivity index (χ2n) is 24.4. The molecule has 0 spiro atoms. The molecule has 1 saturated heterocycles. The van der Waals surface area contributed by atoms with Gasteiger partial charge in [0.05, 0.1) is 67.2 Å². The molecular formula is C68H69N13O14S6. The van der Waals surface area contributed by atoms with Crippen LogP contribution < -0.4 is 31.7 Å². The molecule has 12 rings (SSSR count). The van der Waals surface area contributed by atoms with Crippen LogP contribution >= 0.6 is 68.0 Å². The van der Waals surface area contributed by atoms with Crippen LogP contribution in [0.15, 0.2) is 93.6 Å². The van der Waals surface area contributed by atoms with Gasteiger partial charge in [-0.1, -0.05) is 49.4 Å². The molecule has 27 nitrogen and oxygen atoms in total. The minimum Gasteiger partial charge on any atom is -0.484 e. The Morgan fingerprint density at radius 2 is 1.39 bits per heavy atom. The Hall–Kier alpha value is -9.03. The van der Waals surface area contributed by atoms with E-state index in [0.717, 1.165) is 34.0 Å². The number of aliphatic hydroxyl groups excluding tert-OH is 2. The number of amides is 6. The number of carboxylic acid groups (broad SMARTS) is 1. The Morgan fingerprint density at radius 3 is 2.14 bits per heavy atom. The topological polar surface area (TPSA) is 393 Å². The van der Waals surface area contributed by atoms with Crippen LogP contribution in [0, 0.1) is 18.8 Å². The summed E-state index contributed by atoms with van der Waals surface area (Å²) < 4.78 is 16.2. The number of carbonyl (C=O) groups is 8. The molecule has 101 heavy (non-hydrogen) atoms. The minimum absolute atomic E-state index is 0.00608. The monoisotopic (exact) mass is 1480 g/mol. The van der Waals surface area contributed by atoms with Gasteiger partial charge in [0.2, 0.25) is 11.8 Å². The number of nitrogens with zero attached hydrogens (tertiary/aromatic N) is 8. The third kappa shape index (κ3) is 17.0. The summed E-state index contributed by atoms with van der Waals surface area (Å²) in [4.78, 5) is 146. The lowest BCUT2D eigenvalue weighted by Crippen LogP contribution is -2.50. The number of rotatable bonds is 19. The van der Waals surface area contributed by atoms with Crippen molar-refractivity contribution in [3.05, 3.63) is 147 Å². The number of fused-ring (bicyclic) bond motifs is 16. The van der Waals surface area contributed by atoms with Crippen LogP contribution in [0.4, 0.5) is 0 Å². The molecule has 7 atom stereocenters. The summed E-state index contributed by atoms with van der Waals surface area (Å²) in [6.07, 6.45) is -1.25. The number of benzene rings is 2. The maximum Gasteiger partial charge on any atom is 0.306 e. The van der Waals surface area contributed by atoms with Crippen molar-refractivity contribution in [1.29, 1.82) is 0 Å². The number of methoxy groups -OCH3 is 1. The van der Waals surface area contributed by atoms with Crippen LogP contribution in [0.2, 0.25) is 0 Å². The highest BCUT2D eigenvalue weighted by atomic mass is 32.1. The summed E-state index contributed by atoms with van der Waals surface area (Å²) in [7, 11) is 1.57. The third-order valence-corrected chi connectivity index (χ3v) is 23.1. The van der Waals surface area contributed by atoms with Crippen LogP contribution in [0.1, 0.15) is 143 Å². The average Bonchev–Trinajstić information content (AvgIpc) is 1.53. The molecule has 2 aromatic carbocycles. The fourth-order valence-corrected chi connectivity index (χ4v) is 17.5. The number of aryl methyl sites for hydroxylation is 1. The van der Waals surface area contributed by atoms with E-state index < -0.39 is 95.8 Å². The number of nitrogens with two attached hydrogens (primary N) is 1. The number of primary amides is 1. The number of carbonyl (C=O) groups excluding carboxylic acids is 7. The van der Waals surface area contributed by atoms with E-state index in [9.17, 15) is 48.9 Å². The number of thiazole rings is 6. The van der Waals surface area contributed by atoms with Crippen molar-refractivity contribution in [2.75, 3.05) is 46.6 Å². The number of Topliss-reactive ketones (excluding diaryl/α,β-unsaturated/α-hetero) is 1. The van der Waals surface area contributed by atoms with Crippen molar-refractivity contribution < 1.29 is 67.9 Å². The van der Waals surface area contributed by atoms with Crippen LogP contribution in [0.3, 0.4) is 0 Å². The first kappa shape index (κ1) is 71.8. The van der Waals surface area contributed by atoms with Gasteiger partial charge >= 0.3 is 5.97 Å². The van der Waals surface area contributed by atoms with Gasteiger partial charge in [0, 0.05) is 88.3 Å². The third-order valence-electron chi connectivity index (χ3n) is 17.5. The quantitative estimate of drug-likeness (QED) is 0.0355. The van der Waals surface area contributed by atoms with Crippen molar-refractivity contribution in [3.8, 4) is 49.1 Å². The SMILES string of the molecule is COCCOCCNC(=O)COc1ccc(C[C@@H]2NC(=O)c3csc(n3)[C@@H]([C@H](O)c3ccccc3)CC(=O)c3nc(sc3C)[C@H](CC(N)=O)NC(=O)c3csc(n3)-c3ccc(-c4nc(C(=O)NC5CCC(C(=O)O)CC5)cs4)nc3-c3csc(n3)-c3csc(n3)[C@@H]3[C@@H](C)[C@@H](O)CN3C2=O)cc1. The fourth-order valence-electron chi connectivity index (χ4n) is 12.1. The maximum absolute atomic E-state index is 15.5. The van der Waals surface area contributed by atoms with E-state index in [1.165, 1.54) is 44.3 Å². The molecular weight excluding hydrogens is 1420 g/mol. The first-order valence-corrected chi connectivity index (χ1v) is 37.5. The van der Waals surface area contributed by atoms with Gasteiger partial charge < -0.3 is 61.4 Å². The lowest BCUT2D eigenvalue weighted by Gasteiger charge is -2.29. The predicted octanol–water partition coefficient (Wildman–Crippen LogP) is 8.00. The second kappa shape index (κ2) is 32.3. The summed E-state index contributed by atoms with van der Waals surface area (Å²) >= 11 is 6.96. The molecule has 9 N–H and O–H groups in total. The number of hydrogen-bond donors (Lipinski definition) is 8. The van der Waals surface area contributed by atoms with Crippen molar-refractivity contribution >= 4 is 115 Å². The van der Waals surface area contributed by atoms with E-state index in [1.54, 1.807) is 102 Å². The average molecular weight is 1480 g/mol. The molecule has 6 amide bonds. The van der Waals surface area contributed by atoms with Gasteiger partial charge in [0.15, 0.2) is 12.4 Å². The lowest BCUT2D eigenvalue weighted by molar-refractivity contribution is -0.143. The summed E-state index contributed by atoms with van der Waals surface area (Å²) in [6.45, 7) is 4.44. The largest absolute Gasteiger partial charge is 0.484 e. The number of aliphatic carboxylic acids is 1. The normalized spacial score (nSPS) is 20.7. The number of pyridine rings is 1. The lowest BCUT2D eigenvalue weighted by atomic mass is 9.86. The number of aromatic nitrogens is 7. The van der Waals surface area contributed by atoms with Crippen LogP contribution in [0.25, 0.3) is 43.4 Å². The van der Waals surface area contributed by atoms with Crippen molar-refractivity contribution in [2.24, 2.45) is 17.6 Å². The number of ketones is 1. The zero-order valence-corrected chi connectivity index (χ0v) is 59.5. The van der Waals surface area contributed by atoms with Gasteiger partial charge in [-0.05, 0) is 68.0 Å². The van der Waals surface area contributed by atoms with Crippen LogP contribution in [0.5, 0.6) is 5.75 Å². The zero-order valence-electron chi connectivity index (χ0n) is 54.6. The van der Waals surface area contributed by atoms with Crippen LogP contribution in [-0.4, -0.2) is 167 Å². The van der Waals surface area contributed by atoms with E-state index in [-0.39, 0.29) is 83.9 Å². The van der Waals surface area contributed by atoms with E-state index in [1.807, 2.05) is 6.92 Å². The Labute approximate surface area is 602 Å². The molecule has 2 aliphatic heterocycles. The number of carboxylic acids is 1. The van der Waals surface area contributed by atoms with E-state index in [0.29, 0.717) is 109 Å². The second-order valence-corrected chi connectivity index (χ2v) is 30.0. The molecule has 0 radical (unpaired) electrons. The molecule has 9 heterocycles. The number of hydrogen-bond acceptors (Lipinski definition) is 26. The number of aliphatic hydroxyl groups is 2. The van der Waals surface area contributed by atoms with Crippen molar-refractivity contribution in [3.63, 3.8) is 0 Å². The first-order valence-electron chi connectivity index (χ1n) is 32.3. The first-order chi connectivity index (χ1) is 48.7. The fraction of sp³-hybridized carbons (Fsp3) is 0.368. The number of nitrogens with one attached hydrogen (secondary N) is 4. The Morgan fingerprint density at radius 1 is 0.713 bits per heavy atom. The Bertz CT molecular complexity index is 4510. The van der Waals surface area contributed by atoms with Gasteiger partial charge in [-0.15, -0.1) is 68.0 Å². The molecule has 0 unspecified atom stereocenters. The summed E-state index contributed by atoms with van der Waals surface area (Å²) in [6, 6.07) is 15.4. The summed E-state index contributed by atoms with van der Waals surface area (Å²) in [5, 5.41) is 55.3. The van der Waals surface area contributed by atoms with E-state index in [2.05, 4.69) is 26.3 Å². The van der Waals surface area contributed by atoms with Gasteiger partial charge in [0.25, 0.3) is 23.6 Å². The zero-order chi connectivity index (χ0) is 71.0. The minimum atomic E-state index is -1.33. The predicted molar refractivity (Wildman–Crippen MR) is 378 cm³/mol. The van der Waals surface area contributed by atoms with Crippen LogP contribution in [-0.2, 0) is 35.1 Å². The maximum atomic E-state index is 15.5. The van der Waals surface area contributed by atoms with Gasteiger partial charge in [-0.25, -0.2) is 34.9 Å². The molecule has 10 bridgehead atoms. The molecule has 9 aromatic rings. The Kier molecular flexibility index (Phi) is 23.0. The molecule has 3 aliphatic rings. The highest BCUT2D eigenvalue weighted by molar-refractivity contribution is 7.15. The molecule has 2 fully saturated rings. The highest BCUT2D eigenvalue weighted by Gasteiger charge is 2.46. The highest BCUT2D eigenvalue weighted by Crippen LogP contribution is 2.44. The molecule has 7 aromatic heterocycles. The standard InChI is InChI=1S/C68H69N13O14S6/c1-33-51(83)26-81-56(33)66-79-49(32-100-66)64-75-45(28-98-64)55-40(17-18-42(72-55)63-78-46(31-99-63)58(87)71-38-13-11-37(12-14-38)68(91)92)61-76-47(29-96-61)59(88)73-43(25-52(69)84)65-80-54(34(2)101-65)50(82)24-41(57(86)36-7-5-4-6-8-36)62-77-48(30-97-62)60(89)74-44(67(81)90)23-35-9-15-39(16-10-35)95-27-53(85)70-19-20-94-22-21-93-3/h4-10,15-18,28-33,37-38,41,43-44,51,56-57,83,86H,11-14,19-27H2,1-3H3,(H2,69,84)(H,70,85)(H,71,87)(H,73,88)(H,74,89)(H,91,92)/t33-,37?,38?,41+,43-,44-,51-,56-,57+/m0/s1. The van der Waals surface area contributed by atoms with Gasteiger partial charge in [-0.2, -0.15) is 0 Å². The number of ether oxygens (including phenoxy) is 3. The molecule has 33 heteroatoms. The van der Waals surface area contributed by atoms with E-state index >= 15 is 4.79 Å².